The standard InChI is InChI=1S/C32H35Cl4NO6/c1-5-20-9-10-22(19-21(20)6-2)37(15-7-17-42-31(38)27-23(33)11-13-25(35)29(27)40-3)16-8-18-43-32(39)28-24(34)12-14-26(36)30(28)41-4/h9-14,19H,5-8,15-18H2,1-4H3. The van der Waals surface area contributed by atoms with Crippen LogP contribution in [0.2, 0.25) is 20.1 Å². The normalized spacial score (nSPS) is 10.8. The summed E-state index contributed by atoms with van der Waals surface area (Å²) < 4.78 is 21.6. The molecule has 0 saturated heterocycles. The quantitative estimate of drug-likeness (QED) is 0.118. The number of ether oxygens (including phenoxy) is 4. The average Bonchev–Trinajstić information content (AvgIpc) is 3.01. The molecule has 7 nitrogen and oxygen atoms in total. The number of carbonyl (C=O) groups excluding carboxylic acids is 2. The lowest BCUT2D eigenvalue weighted by molar-refractivity contribution is 0.0494. The first-order chi connectivity index (χ1) is 20.7. The van der Waals surface area contributed by atoms with Gasteiger partial charge in [-0.1, -0.05) is 66.3 Å². The number of hydrogen-bond donors (Lipinski definition) is 0. The van der Waals surface area contributed by atoms with E-state index in [0.29, 0.717) is 25.9 Å². The molecule has 0 aliphatic heterocycles. The highest BCUT2D eigenvalue weighted by atomic mass is 35.5. The van der Waals surface area contributed by atoms with Crippen LogP contribution >= 0.6 is 46.4 Å². The zero-order chi connectivity index (χ0) is 31.5. The molecule has 3 aromatic carbocycles. The number of nitrogens with zero attached hydrogens (tertiary/aromatic N) is 1. The fraction of sp³-hybridized carbons (Fsp3) is 0.375. The molecular weight excluding hydrogens is 636 g/mol. The van der Waals surface area contributed by atoms with Gasteiger partial charge in [-0.05, 0) is 73.2 Å². The summed E-state index contributed by atoms with van der Waals surface area (Å²) in [4.78, 5) is 27.8. The number of hydrogen-bond acceptors (Lipinski definition) is 7. The number of carbonyl (C=O) groups is 2. The second-order valence-electron chi connectivity index (χ2n) is 9.50. The van der Waals surface area contributed by atoms with Crippen LogP contribution in [0.25, 0.3) is 0 Å². The predicted octanol–water partition coefficient (Wildman–Crippen LogP) is 8.74. The number of methoxy groups -OCH3 is 2. The number of rotatable bonds is 15. The van der Waals surface area contributed by atoms with E-state index in [2.05, 4.69) is 36.9 Å². The highest BCUT2D eigenvalue weighted by molar-refractivity contribution is 6.37. The molecule has 3 rings (SSSR count). The molecular formula is C32H35Cl4NO6. The molecule has 232 valence electrons. The van der Waals surface area contributed by atoms with E-state index < -0.39 is 11.9 Å². The van der Waals surface area contributed by atoms with Crippen LogP contribution in [0.5, 0.6) is 11.5 Å². The molecule has 11 heteroatoms. The van der Waals surface area contributed by atoms with Crippen molar-refractivity contribution in [2.45, 2.75) is 39.5 Å². The largest absolute Gasteiger partial charge is 0.494 e. The van der Waals surface area contributed by atoms with Crippen LogP contribution in [0.15, 0.2) is 42.5 Å². The Morgan fingerprint density at radius 3 is 1.51 bits per heavy atom. The van der Waals surface area contributed by atoms with Gasteiger partial charge in [0.2, 0.25) is 0 Å². The van der Waals surface area contributed by atoms with E-state index in [0.717, 1.165) is 18.5 Å². The van der Waals surface area contributed by atoms with Crippen molar-refractivity contribution in [1.29, 1.82) is 0 Å². The van der Waals surface area contributed by atoms with Gasteiger partial charge in [0, 0.05) is 18.8 Å². The second kappa shape index (κ2) is 16.9. The van der Waals surface area contributed by atoms with Crippen molar-refractivity contribution in [2.75, 3.05) is 45.4 Å². The van der Waals surface area contributed by atoms with Crippen molar-refractivity contribution in [2.24, 2.45) is 0 Å². The van der Waals surface area contributed by atoms with Gasteiger partial charge in [0.05, 0.1) is 47.5 Å². The lowest BCUT2D eigenvalue weighted by Crippen LogP contribution is -2.28. The first-order valence-electron chi connectivity index (χ1n) is 13.9. The van der Waals surface area contributed by atoms with E-state index in [4.69, 9.17) is 65.4 Å². The summed E-state index contributed by atoms with van der Waals surface area (Å²) in [7, 11) is 2.83. The summed E-state index contributed by atoms with van der Waals surface area (Å²) in [6.45, 7) is 5.74. The summed E-state index contributed by atoms with van der Waals surface area (Å²) in [5.74, 6) is -0.873. The average molecular weight is 671 g/mol. The topological polar surface area (TPSA) is 74.3 Å². The van der Waals surface area contributed by atoms with Gasteiger partial charge in [-0.2, -0.15) is 0 Å². The van der Waals surface area contributed by atoms with Crippen molar-refractivity contribution in [3.63, 3.8) is 0 Å². The third-order valence-electron chi connectivity index (χ3n) is 6.86. The first kappa shape index (κ1) is 34.6. The first-order valence-corrected chi connectivity index (χ1v) is 15.4. The Hall–Kier alpha value is -2.84. The molecule has 0 aliphatic carbocycles. The summed E-state index contributed by atoms with van der Waals surface area (Å²) in [5.41, 5.74) is 3.79. The minimum absolute atomic E-state index is 0.0921. The van der Waals surface area contributed by atoms with Gasteiger partial charge in [-0.15, -0.1) is 0 Å². The van der Waals surface area contributed by atoms with Crippen LogP contribution < -0.4 is 14.4 Å². The van der Waals surface area contributed by atoms with Gasteiger partial charge in [-0.25, -0.2) is 9.59 Å². The zero-order valence-corrected chi connectivity index (χ0v) is 27.6. The van der Waals surface area contributed by atoms with E-state index >= 15 is 0 Å². The number of anilines is 1. The van der Waals surface area contributed by atoms with Crippen LogP contribution in [-0.2, 0) is 22.3 Å². The SMILES string of the molecule is CCc1ccc(N(CCCOC(=O)c2c(Cl)ccc(Cl)c2OC)CCCOC(=O)c2c(Cl)ccc(Cl)c2OC)cc1CC. The molecule has 0 saturated carbocycles. The molecule has 0 unspecified atom stereocenters. The number of aryl methyl sites for hydroxylation is 2. The lowest BCUT2D eigenvalue weighted by atomic mass is 10.0. The summed E-state index contributed by atoms with van der Waals surface area (Å²) in [6, 6.07) is 12.6. The lowest BCUT2D eigenvalue weighted by Gasteiger charge is -2.26. The Kier molecular flexibility index (Phi) is 13.6. The number of esters is 2. The van der Waals surface area contributed by atoms with Crippen LogP contribution in [0, 0.1) is 0 Å². The monoisotopic (exact) mass is 669 g/mol. The Labute approximate surface area is 272 Å². The smallest absolute Gasteiger partial charge is 0.343 e. The predicted molar refractivity (Wildman–Crippen MR) is 173 cm³/mol. The van der Waals surface area contributed by atoms with E-state index in [1.807, 2.05) is 0 Å². The minimum atomic E-state index is -0.613. The van der Waals surface area contributed by atoms with Crippen LogP contribution in [0.3, 0.4) is 0 Å². The van der Waals surface area contributed by atoms with Gasteiger partial charge in [-0.3, -0.25) is 0 Å². The van der Waals surface area contributed by atoms with Crippen molar-refractivity contribution >= 4 is 64.0 Å². The molecule has 0 amide bonds. The van der Waals surface area contributed by atoms with Crippen molar-refractivity contribution in [1.82, 2.24) is 0 Å². The highest BCUT2D eigenvalue weighted by Gasteiger charge is 2.22. The summed E-state index contributed by atoms with van der Waals surface area (Å²) in [6.07, 6.45) is 2.93. The van der Waals surface area contributed by atoms with Gasteiger partial charge in [0.15, 0.2) is 11.5 Å². The van der Waals surface area contributed by atoms with Crippen LogP contribution in [-0.4, -0.2) is 52.5 Å². The van der Waals surface area contributed by atoms with Gasteiger partial charge in [0.25, 0.3) is 0 Å². The number of halogens is 4. The van der Waals surface area contributed by atoms with E-state index in [1.165, 1.54) is 37.5 Å². The van der Waals surface area contributed by atoms with Gasteiger partial charge >= 0.3 is 11.9 Å². The highest BCUT2D eigenvalue weighted by Crippen LogP contribution is 2.35. The van der Waals surface area contributed by atoms with Crippen molar-refractivity contribution in [3.05, 3.63) is 84.8 Å². The fourth-order valence-corrected chi connectivity index (χ4v) is 5.61. The van der Waals surface area contributed by atoms with E-state index in [1.54, 1.807) is 12.1 Å². The van der Waals surface area contributed by atoms with Crippen molar-refractivity contribution < 1.29 is 28.5 Å². The minimum Gasteiger partial charge on any atom is -0.494 e. The maximum Gasteiger partial charge on any atom is 0.343 e. The van der Waals surface area contributed by atoms with Gasteiger partial charge in [0.1, 0.15) is 11.1 Å². The van der Waals surface area contributed by atoms with Crippen LogP contribution in [0.4, 0.5) is 5.69 Å². The zero-order valence-electron chi connectivity index (χ0n) is 24.6. The molecule has 43 heavy (non-hydrogen) atoms. The third kappa shape index (κ3) is 8.85. The molecule has 0 heterocycles. The molecule has 0 atom stereocenters. The Balaban J connectivity index is 1.66. The molecule has 3 aromatic rings. The maximum absolute atomic E-state index is 12.8. The van der Waals surface area contributed by atoms with Crippen molar-refractivity contribution in [3.8, 4) is 11.5 Å². The fourth-order valence-electron chi connectivity index (χ4n) is 4.68. The Bertz CT molecular complexity index is 1350. The summed E-state index contributed by atoms with van der Waals surface area (Å²) in [5, 5.41) is 0.928. The van der Waals surface area contributed by atoms with E-state index in [9.17, 15) is 9.59 Å². The molecule has 0 fully saturated rings. The van der Waals surface area contributed by atoms with Gasteiger partial charge < -0.3 is 23.8 Å². The molecule has 0 spiro atoms. The molecule has 0 N–H and O–H groups in total. The number of benzene rings is 3. The molecule has 0 aliphatic rings. The van der Waals surface area contributed by atoms with Crippen LogP contribution in [0.1, 0.15) is 58.5 Å². The second-order valence-corrected chi connectivity index (χ2v) is 11.1. The third-order valence-corrected chi connectivity index (χ3v) is 8.09. The Morgan fingerprint density at radius 1 is 0.651 bits per heavy atom. The Morgan fingerprint density at radius 2 is 1.09 bits per heavy atom. The summed E-state index contributed by atoms with van der Waals surface area (Å²) >= 11 is 24.8. The molecule has 0 bridgehead atoms. The maximum atomic E-state index is 12.8. The van der Waals surface area contributed by atoms with E-state index in [-0.39, 0.29) is 55.9 Å². The molecule has 0 radical (unpaired) electrons. The molecule has 0 aromatic heterocycles.